The standard InChI is InChI=1S/C11H12N4O5S/c16-8(17)5-7-6-13(1-3-20-7)9-10(15(18)19)14-2-4-21-11(14)12-9/h2,4,7H,1,3,5-6H2,(H,16,17). The van der Waals surface area contributed by atoms with Crippen molar-refractivity contribution in [3.63, 3.8) is 0 Å². The molecular formula is C11H12N4O5S. The first-order valence-electron chi connectivity index (χ1n) is 6.24. The van der Waals surface area contributed by atoms with Gasteiger partial charge in [0.05, 0.1) is 19.1 Å². The quantitative estimate of drug-likeness (QED) is 0.662. The summed E-state index contributed by atoms with van der Waals surface area (Å²) >= 11 is 1.31. The number of nitro groups is 1. The molecule has 112 valence electrons. The summed E-state index contributed by atoms with van der Waals surface area (Å²) in [5.74, 6) is -0.782. The summed E-state index contributed by atoms with van der Waals surface area (Å²) in [6, 6.07) is 0. The Morgan fingerprint density at radius 1 is 1.67 bits per heavy atom. The van der Waals surface area contributed by atoms with Gasteiger partial charge in [0, 0.05) is 18.5 Å². The summed E-state index contributed by atoms with van der Waals surface area (Å²) in [5.41, 5.74) is 0. The Balaban J connectivity index is 1.92. The highest BCUT2D eigenvalue weighted by atomic mass is 32.1. The minimum atomic E-state index is -0.956. The molecule has 1 fully saturated rings. The molecule has 1 atom stereocenters. The van der Waals surface area contributed by atoms with Crippen molar-refractivity contribution in [1.82, 2.24) is 9.38 Å². The van der Waals surface area contributed by atoms with E-state index in [2.05, 4.69) is 4.98 Å². The first-order chi connectivity index (χ1) is 10.1. The number of thiazole rings is 1. The first-order valence-corrected chi connectivity index (χ1v) is 7.12. The molecule has 2 aromatic rings. The van der Waals surface area contributed by atoms with Crippen LogP contribution in [0.5, 0.6) is 0 Å². The number of fused-ring (bicyclic) bond motifs is 1. The Morgan fingerprint density at radius 3 is 3.19 bits per heavy atom. The molecule has 0 saturated carbocycles. The van der Waals surface area contributed by atoms with E-state index in [0.717, 1.165) is 0 Å². The maximum atomic E-state index is 11.3. The highest BCUT2D eigenvalue weighted by Crippen LogP contribution is 2.32. The van der Waals surface area contributed by atoms with Crippen LogP contribution in [-0.2, 0) is 9.53 Å². The lowest BCUT2D eigenvalue weighted by Gasteiger charge is -2.31. The zero-order valence-electron chi connectivity index (χ0n) is 10.8. The fourth-order valence-electron chi connectivity index (χ4n) is 2.37. The van der Waals surface area contributed by atoms with Crippen LogP contribution in [0.4, 0.5) is 11.6 Å². The van der Waals surface area contributed by atoms with Crippen molar-refractivity contribution in [3.05, 3.63) is 21.7 Å². The fraction of sp³-hybridized carbons (Fsp3) is 0.455. The zero-order chi connectivity index (χ0) is 15.0. The third kappa shape index (κ3) is 2.54. The molecule has 21 heavy (non-hydrogen) atoms. The summed E-state index contributed by atoms with van der Waals surface area (Å²) in [4.78, 5) is 28.1. The lowest BCUT2D eigenvalue weighted by Crippen LogP contribution is -2.43. The predicted molar refractivity (Wildman–Crippen MR) is 73.9 cm³/mol. The maximum absolute atomic E-state index is 11.3. The van der Waals surface area contributed by atoms with Gasteiger partial charge in [-0.2, -0.15) is 9.38 Å². The second-order valence-corrected chi connectivity index (χ2v) is 5.48. The number of imidazole rings is 1. The Bertz CT molecular complexity index is 696. The minimum Gasteiger partial charge on any atom is -0.481 e. The predicted octanol–water partition coefficient (Wildman–Crippen LogP) is 0.984. The largest absolute Gasteiger partial charge is 0.481 e. The molecule has 1 unspecified atom stereocenters. The number of nitrogens with zero attached hydrogens (tertiary/aromatic N) is 4. The van der Waals surface area contributed by atoms with E-state index >= 15 is 0 Å². The summed E-state index contributed by atoms with van der Waals surface area (Å²) in [6.07, 6.45) is 0.978. The number of carbonyl (C=O) groups is 1. The monoisotopic (exact) mass is 312 g/mol. The van der Waals surface area contributed by atoms with Crippen LogP contribution >= 0.6 is 11.3 Å². The number of carboxylic acid groups (broad SMARTS) is 1. The maximum Gasteiger partial charge on any atom is 0.373 e. The average molecular weight is 312 g/mol. The molecule has 0 radical (unpaired) electrons. The van der Waals surface area contributed by atoms with Gasteiger partial charge in [-0.3, -0.25) is 4.79 Å². The SMILES string of the molecule is O=C(O)CC1CN(c2nc3sccn3c2[N+](=O)[O-])CCO1. The van der Waals surface area contributed by atoms with Crippen LogP contribution in [0.1, 0.15) is 6.42 Å². The molecule has 2 aromatic heterocycles. The van der Waals surface area contributed by atoms with Crippen molar-refractivity contribution in [2.45, 2.75) is 12.5 Å². The number of carboxylic acids is 1. The van der Waals surface area contributed by atoms with Crippen LogP contribution in [0, 0.1) is 10.1 Å². The number of morpholine rings is 1. The van der Waals surface area contributed by atoms with Gasteiger partial charge in [-0.05, 0) is 4.92 Å². The Morgan fingerprint density at radius 2 is 2.48 bits per heavy atom. The number of hydrogen-bond acceptors (Lipinski definition) is 7. The van der Waals surface area contributed by atoms with Crippen LogP contribution in [0.2, 0.25) is 0 Å². The highest BCUT2D eigenvalue weighted by molar-refractivity contribution is 7.15. The van der Waals surface area contributed by atoms with Gasteiger partial charge in [0.25, 0.3) is 4.96 Å². The number of anilines is 1. The highest BCUT2D eigenvalue weighted by Gasteiger charge is 2.32. The zero-order valence-corrected chi connectivity index (χ0v) is 11.7. The van der Waals surface area contributed by atoms with Gasteiger partial charge >= 0.3 is 11.8 Å². The average Bonchev–Trinajstić information content (AvgIpc) is 2.97. The summed E-state index contributed by atoms with van der Waals surface area (Å²) in [6.45, 7) is 1.04. The van der Waals surface area contributed by atoms with Crippen LogP contribution in [-0.4, -0.2) is 51.2 Å². The Hall–Kier alpha value is -2.20. The molecule has 0 aromatic carbocycles. The smallest absolute Gasteiger partial charge is 0.373 e. The van der Waals surface area contributed by atoms with Crippen LogP contribution < -0.4 is 4.90 Å². The van der Waals surface area contributed by atoms with Crippen molar-refractivity contribution < 1.29 is 19.6 Å². The van der Waals surface area contributed by atoms with Crippen LogP contribution in [0.3, 0.4) is 0 Å². The van der Waals surface area contributed by atoms with E-state index in [1.165, 1.54) is 15.7 Å². The molecule has 1 aliphatic rings. The number of hydrogen-bond donors (Lipinski definition) is 1. The summed E-state index contributed by atoms with van der Waals surface area (Å²) in [5, 5.41) is 21.8. The van der Waals surface area contributed by atoms with Crippen LogP contribution in [0.15, 0.2) is 11.6 Å². The van der Waals surface area contributed by atoms with Crippen molar-refractivity contribution in [2.75, 3.05) is 24.6 Å². The molecule has 0 aliphatic carbocycles. The molecule has 3 rings (SSSR count). The van der Waals surface area contributed by atoms with Gasteiger partial charge in [0.15, 0.2) is 0 Å². The normalized spacial score (nSPS) is 19.0. The topological polar surface area (TPSA) is 110 Å². The number of aliphatic carboxylic acids is 1. The number of rotatable bonds is 4. The molecule has 10 heteroatoms. The molecule has 3 heterocycles. The van der Waals surface area contributed by atoms with Gasteiger partial charge < -0.3 is 24.9 Å². The van der Waals surface area contributed by atoms with Gasteiger partial charge in [-0.1, -0.05) is 11.3 Å². The van der Waals surface area contributed by atoms with E-state index in [4.69, 9.17) is 9.84 Å². The molecule has 0 amide bonds. The van der Waals surface area contributed by atoms with Crippen LogP contribution in [0.25, 0.3) is 4.96 Å². The van der Waals surface area contributed by atoms with Gasteiger partial charge in [-0.25, -0.2) is 0 Å². The van der Waals surface area contributed by atoms with Gasteiger partial charge in [0.1, 0.15) is 6.20 Å². The lowest BCUT2D eigenvalue weighted by molar-refractivity contribution is -0.389. The van der Waals surface area contributed by atoms with E-state index in [-0.39, 0.29) is 24.6 Å². The molecule has 0 bridgehead atoms. The van der Waals surface area contributed by atoms with E-state index in [1.807, 2.05) is 0 Å². The molecule has 1 aliphatic heterocycles. The van der Waals surface area contributed by atoms with Gasteiger partial charge in [-0.15, -0.1) is 0 Å². The molecule has 9 nitrogen and oxygen atoms in total. The second kappa shape index (κ2) is 5.30. The summed E-state index contributed by atoms with van der Waals surface area (Å²) < 4.78 is 6.80. The summed E-state index contributed by atoms with van der Waals surface area (Å²) in [7, 11) is 0. The Kier molecular flexibility index (Phi) is 3.47. The first kappa shape index (κ1) is 13.8. The fourth-order valence-corrected chi connectivity index (χ4v) is 3.08. The molecule has 1 saturated heterocycles. The second-order valence-electron chi connectivity index (χ2n) is 4.61. The number of aromatic nitrogens is 2. The Labute approximate surface area is 122 Å². The van der Waals surface area contributed by atoms with E-state index in [9.17, 15) is 14.9 Å². The van der Waals surface area contributed by atoms with Crippen molar-refractivity contribution in [2.24, 2.45) is 0 Å². The molecule has 0 spiro atoms. The van der Waals surface area contributed by atoms with E-state index in [0.29, 0.717) is 18.1 Å². The van der Waals surface area contributed by atoms with Gasteiger partial charge in [0.2, 0.25) is 5.82 Å². The van der Waals surface area contributed by atoms with E-state index in [1.54, 1.807) is 16.5 Å². The minimum absolute atomic E-state index is 0.0952. The van der Waals surface area contributed by atoms with Crippen molar-refractivity contribution in [3.8, 4) is 0 Å². The molecule has 1 N–H and O–H groups in total. The molecular weight excluding hydrogens is 300 g/mol. The lowest BCUT2D eigenvalue weighted by atomic mass is 10.2. The van der Waals surface area contributed by atoms with E-state index < -0.39 is 17.0 Å². The third-order valence-electron chi connectivity index (χ3n) is 3.23. The third-order valence-corrected chi connectivity index (χ3v) is 3.99. The van der Waals surface area contributed by atoms with Crippen molar-refractivity contribution in [1.29, 1.82) is 0 Å². The number of ether oxygens (including phenoxy) is 1. The van der Waals surface area contributed by atoms with Crippen molar-refractivity contribution >= 4 is 33.9 Å².